The van der Waals surface area contributed by atoms with Crippen LogP contribution in [0, 0.1) is 0 Å². The number of hydrogen-bond acceptors (Lipinski definition) is 4. The summed E-state index contributed by atoms with van der Waals surface area (Å²) in [4.78, 5) is 23.9. The van der Waals surface area contributed by atoms with Crippen LogP contribution in [0.5, 0.6) is 0 Å². The SMILES string of the molecule is O=C(O)N1CCN(C(=O)O)C2CS(=O)(=O)CC21. The van der Waals surface area contributed by atoms with Gasteiger partial charge in [-0.2, -0.15) is 0 Å². The molecule has 2 aliphatic rings. The lowest BCUT2D eigenvalue weighted by Gasteiger charge is -2.40. The Kier molecular flexibility index (Phi) is 2.64. The van der Waals surface area contributed by atoms with Crippen molar-refractivity contribution >= 4 is 22.0 Å². The molecule has 96 valence electrons. The van der Waals surface area contributed by atoms with Gasteiger partial charge in [0.1, 0.15) is 0 Å². The molecule has 2 saturated heterocycles. The summed E-state index contributed by atoms with van der Waals surface area (Å²) in [6, 6.07) is -1.55. The van der Waals surface area contributed by atoms with Gasteiger partial charge in [-0.15, -0.1) is 0 Å². The van der Waals surface area contributed by atoms with Crippen LogP contribution in [0.2, 0.25) is 0 Å². The summed E-state index contributed by atoms with van der Waals surface area (Å²) < 4.78 is 23.0. The lowest BCUT2D eigenvalue weighted by Crippen LogP contribution is -2.61. The van der Waals surface area contributed by atoms with E-state index in [4.69, 9.17) is 10.2 Å². The van der Waals surface area contributed by atoms with E-state index < -0.39 is 34.1 Å². The van der Waals surface area contributed by atoms with Crippen molar-refractivity contribution < 1.29 is 28.2 Å². The zero-order chi connectivity index (χ0) is 12.8. The molecule has 2 unspecified atom stereocenters. The van der Waals surface area contributed by atoms with Crippen molar-refractivity contribution in [2.24, 2.45) is 0 Å². The molecule has 0 aromatic carbocycles. The fourth-order valence-electron chi connectivity index (χ4n) is 2.43. The third-order valence-electron chi connectivity index (χ3n) is 3.17. The van der Waals surface area contributed by atoms with Crippen molar-refractivity contribution in [3.05, 3.63) is 0 Å². The highest BCUT2D eigenvalue weighted by atomic mass is 32.2. The number of carbonyl (C=O) groups is 2. The molecule has 2 heterocycles. The predicted molar refractivity (Wildman–Crippen MR) is 55.7 cm³/mol. The van der Waals surface area contributed by atoms with Crippen LogP contribution in [0.25, 0.3) is 0 Å². The molecular formula is C8H12N2O6S. The fourth-order valence-corrected chi connectivity index (χ4v) is 4.41. The Morgan fingerprint density at radius 2 is 1.29 bits per heavy atom. The van der Waals surface area contributed by atoms with Crippen LogP contribution < -0.4 is 0 Å². The van der Waals surface area contributed by atoms with Gasteiger partial charge in [0.2, 0.25) is 0 Å². The normalized spacial score (nSPS) is 31.1. The van der Waals surface area contributed by atoms with Crippen LogP contribution in [0.4, 0.5) is 9.59 Å². The van der Waals surface area contributed by atoms with Crippen molar-refractivity contribution in [2.45, 2.75) is 12.1 Å². The van der Waals surface area contributed by atoms with E-state index >= 15 is 0 Å². The van der Waals surface area contributed by atoms with E-state index in [2.05, 4.69) is 0 Å². The second-order valence-electron chi connectivity index (χ2n) is 4.16. The van der Waals surface area contributed by atoms with Gasteiger partial charge in [-0.05, 0) is 0 Å². The van der Waals surface area contributed by atoms with Gasteiger partial charge in [0.15, 0.2) is 9.84 Å². The highest BCUT2D eigenvalue weighted by molar-refractivity contribution is 7.91. The minimum atomic E-state index is -3.37. The molecule has 2 aliphatic heterocycles. The number of hydrogen-bond donors (Lipinski definition) is 2. The van der Waals surface area contributed by atoms with Gasteiger partial charge < -0.3 is 20.0 Å². The summed E-state index contributed by atoms with van der Waals surface area (Å²) >= 11 is 0. The van der Waals surface area contributed by atoms with E-state index in [0.717, 1.165) is 9.80 Å². The molecule has 0 aliphatic carbocycles. The Morgan fingerprint density at radius 3 is 1.59 bits per heavy atom. The van der Waals surface area contributed by atoms with E-state index in [1.807, 2.05) is 0 Å². The first kappa shape index (κ1) is 12.0. The first-order valence-corrected chi connectivity index (χ1v) is 6.83. The highest BCUT2D eigenvalue weighted by Gasteiger charge is 2.49. The second-order valence-corrected chi connectivity index (χ2v) is 6.32. The van der Waals surface area contributed by atoms with Crippen LogP contribution in [-0.4, -0.2) is 77.3 Å². The van der Waals surface area contributed by atoms with Gasteiger partial charge >= 0.3 is 12.2 Å². The van der Waals surface area contributed by atoms with Gasteiger partial charge in [-0.1, -0.05) is 0 Å². The van der Waals surface area contributed by atoms with Gasteiger partial charge in [0.25, 0.3) is 0 Å². The molecule has 17 heavy (non-hydrogen) atoms. The maximum Gasteiger partial charge on any atom is 0.407 e. The Hall–Kier alpha value is -1.51. The minimum absolute atomic E-state index is 0.0122. The van der Waals surface area contributed by atoms with E-state index in [1.54, 1.807) is 0 Å². The molecule has 2 rings (SSSR count). The standard InChI is InChI=1S/C8H12N2O6S/c11-7(12)9-1-2-10(8(13)14)6-4-17(15,16)3-5(6)9/h5-6H,1-4H2,(H,11,12)(H,13,14). The van der Waals surface area contributed by atoms with E-state index in [-0.39, 0.29) is 24.6 Å². The molecule has 0 bridgehead atoms. The zero-order valence-electron chi connectivity index (χ0n) is 8.81. The number of fused-ring (bicyclic) bond motifs is 1. The molecule has 0 spiro atoms. The Bertz CT molecular complexity index is 425. The molecule has 2 amide bonds. The molecule has 0 aromatic rings. The quantitative estimate of drug-likeness (QED) is 0.587. The molecule has 0 aromatic heterocycles. The average Bonchev–Trinajstić information content (AvgIpc) is 2.49. The monoisotopic (exact) mass is 264 g/mol. The van der Waals surface area contributed by atoms with Crippen LogP contribution >= 0.6 is 0 Å². The summed E-state index contributed by atoms with van der Waals surface area (Å²) in [5.41, 5.74) is 0. The number of nitrogens with zero attached hydrogens (tertiary/aromatic N) is 2. The first-order chi connectivity index (χ1) is 7.82. The molecule has 9 heteroatoms. The van der Waals surface area contributed by atoms with Crippen molar-refractivity contribution in [3.63, 3.8) is 0 Å². The largest absolute Gasteiger partial charge is 0.465 e. The van der Waals surface area contributed by atoms with Crippen molar-refractivity contribution in [1.29, 1.82) is 0 Å². The third kappa shape index (κ3) is 2.02. The smallest absolute Gasteiger partial charge is 0.407 e. The minimum Gasteiger partial charge on any atom is -0.465 e. The average molecular weight is 264 g/mol. The predicted octanol–water partition coefficient (Wildman–Crippen LogP) is -0.874. The number of piperazine rings is 1. The number of carboxylic acid groups (broad SMARTS) is 2. The van der Waals surface area contributed by atoms with Crippen LogP contribution in [0.1, 0.15) is 0 Å². The first-order valence-electron chi connectivity index (χ1n) is 5.01. The van der Waals surface area contributed by atoms with Gasteiger partial charge in [-0.3, -0.25) is 0 Å². The molecule has 0 saturated carbocycles. The highest BCUT2D eigenvalue weighted by Crippen LogP contribution is 2.26. The molecule has 8 nitrogen and oxygen atoms in total. The van der Waals surface area contributed by atoms with Crippen LogP contribution in [0.15, 0.2) is 0 Å². The maximum absolute atomic E-state index is 11.5. The summed E-state index contributed by atoms with van der Waals surface area (Å²) in [5.74, 6) is -0.596. The number of rotatable bonds is 0. The Labute approximate surface area is 97.3 Å². The second kappa shape index (κ2) is 3.76. The van der Waals surface area contributed by atoms with Crippen molar-refractivity contribution in [1.82, 2.24) is 9.80 Å². The zero-order valence-corrected chi connectivity index (χ0v) is 9.63. The van der Waals surface area contributed by atoms with E-state index in [1.165, 1.54) is 0 Å². The molecule has 2 fully saturated rings. The van der Waals surface area contributed by atoms with Crippen molar-refractivity contribution in [3.8, 4) is 0 Å². The van der Waals surface area contributed by atoms with Crippen molar-refractivity contribution in [2.75, 3.05) is 24.6 Å². The number of sulfone groups is 1. The van der Waals surface area contributed by atoms with E-state index in [0.29, 0.717) is 0 Å². The third-order valence-corrected chi connectivity index (χ3v) is 4.87. The lowest BCUT2D eigenvalue weighted by molar-refractivity contribution is 0.0457. The molecule has 0 radical (unpaired) electrons. The lowest BCUT2D eigenvalue weighted by atomic mass is 10.1. The molecular weight excluding hydrogens is 252 g/mol. The van der Waals surface area contributed by atoms with Gasteiger partial charge in [-0.25, -0.2) is 18.0 Å². The summed E-state index contributed by atoms with van der Waals surface area (Å²) in [6.07, 6.45) is -2.41. The Morgan fingerprint density at radius 1 is 0.941 bits per heavy atom. The maximum atomic E-state index is 11.5. The van der Waals surface area contributed by atoms with Crippen LogP contribution in [-0.2, 0) is 9.84 Å². The summed E-state index contributed by atoms with van der Waals surface area (Å²) in [7, 11) is -3.37. The molecule has 2 N–H and O–H groups in total. The Balaban J connectivity index is 2.32. The fraction of sp³-hybridized carbons (Fsp3) is 0.750. The van der Waals surface area contributed by atoms with Crippen LogP contribution in [0.3, 0.4) is 0 Å². The number of amides is 2. The van der Waals surface area contributed by atoms with E-state index in [9.17, 15) is 18.0 Å². The summed E-state index contributed by atoms with van der Waals surface area (Å²) in [5, 5.41) is 17.9. The topological polar surface area (TPSA) is 115 Å². The summed E-state index contributed by atoms with van der Waals surface area (Å²) in [6.45, 7) is 0.0244. The molecule has 2 atom stereocenters. The van der Waals surface area contributed by atoms with Gasteiger partial charge in [0.05, 0.1) is 23.6 Å². The van der Waals surface area contributed by atoms with Gasteiger partial charge in [0, 0.05) is 13.1 Å².